The lowest BCUT2D eigenvalue weighted by Crippen LogP contribution is -2.53. The Bertz CT molecular complexity index is 810. The van der Waals surface area contributed by atoms with Gasteiger partial charge >= 0.3 is 5.97 Å². The normalized spacial score (nSPS) is 41.9. The Morgan fingerprint density at radius 3 is 2.55 bits per heavy atom. The maximum atomic E-state index is 12.6. The highest BCUT2D eigenvalue weighted by molar-refractivity contribution is 5.79. The SMILES string of the molecule is CC(=O)O[C@H]1CC[C@@]2(C)C(=CC[C@H]3[C@@H]4CC[C@H]([C@@](C)(O)CC(=O)CC(C)C)[C@@]4(C)CC[C@@H]32)C1. The number of Topliss-reactive ketones (excluding diaryl/α,β-unsaturated/α-hetero) is 1. The molecule has 8 atom stereocenters. The minimum Gasteiger partial charge on any atom is -0.462 e. The van der Waals surface area contributed by atoms with E-state index in [9.17, 15) is 14.7 Å². The molecule has 0 bridgehead atoms. The van der Waals surface area contributed by atoms with Crippen molar-refractivity contribution in [3.63, 3.8) is 0 Å². The van der Waals surface area contributed by atoms with Gasteiger partial charge in [0.15, 0.2) is 0 Å². The zero-order chi connectivity index (χ0) is 24.2. The molecule has 186 valence electrons. The molecule has 1 N–H and O–H groups in total. The molecule has 0 spiro atoms. The van der Waals surface area contributed by atoms with Crippen molar-refractivity contribution in [1.82, 2.24) is 0 Å². The van der Waals surface area contributed by atoms with Crippen molar-refractivity contribution >= 4 is 11.8 Å². The standard InChI is InChI=1S/C29H46O4/c1-18(2)15-21(31)17-29(6,32)26-10-9-24-23-8-7-20-16-22(33-19(3)30)11-13-27(20,4)25(23)12-14-28(24,26)5/h7,18,22-26,32H,8-17H2,1-6H3/t22-,23-,24-,25-,26-,27-,28-,29-/m0/s1. The third kappa shape index (κ3) is 4.46. The molecule has 3 saturated carbocycles. The minimum atomic E-state index is -0.913. The smallest absolute Gasteiger partial charge is 0.302 e. The van der Waals surface area contributed by atoms with Crippen molar-refractivity contribution in [2.24, 2.45) is 40.4 Å². The van der Waals surface area contributed by atoms with Crippen LogP contribution in [-0.4, -0.2) is 28.6 Å². The first-order valence-corrected chi connectivity index (χ1v) is 13.5. The Balaban J connectivity index is 1.52. The number of hydrogen-bond donors (Lipinski definition) is 1. The fourth-order valence-electron chi connectivity index (χ4n) is 9.03. The van der Waals surface area contributed by atoms with Crippen LogP contribution in [0.5, 0.6) is 0 Å². The predicted octanol–water partition coefficient (Wildman–Crippen LogP) is 6.25. The molecule has 3 fully saturated rings. The van der Waals surface area contributed by atoms with Crippen molar-refractivity contribution in [1.29, 1.82) is 0 Å². The second-order valence-electron chi connectivity index (χ2n) is 13.1. The van der Waals surface area contributed by atoms with E-state index in [2.05, 4.69) is 33.8 Å². The third-order valence-electron chi connectivity index (χ3n) is 10.3. The van der Waals surface area contributed by atoms with Crippen LogP contribution in [0.4, 0.5) is 0 Å². The van der Waals surface area contributed by atoms with Crippen LogP contribution in [0.3, 0.4) is 0 Å². The van der Waals surface area contributed by atoms with E-state index in [0.29, 0.717) is 36.5 Å². The number of allylic oxidation sites excluding steroid dienone is 1. The van der Waals surface area contributed by atoms with Crippen molar-refractivity contribution < 1.29 is 19.4 Å². The molecular weight excluding hydrogens is 412 g/mol. The highest BCUT2D eigenvalue weighted by Gasteiger charge is 2.61. The van der Waals surface area contributed by atoms with Crippen LogP contribution < -0.4 is 0 Å². The van der Waals surface area contributed by atoms with E-state index in [-0.39, 0.29) is 34.6 Å². The van der Waals surface area contributed by atoms with Crippen LogP contribution in [0.1, 0.15) is 106 Å². The van der Waals surface area contributed by atoms with Gasteiger partial charge in [0.25, 0.3) is 0 Å². The molecule has 0 unspecified atom stereocenters. The highest BCUT2D eigenvalue weighted by atomic mass is 16.5. The molecular formula is C29H46O4. The number of carbonyl (C=O) groups excluding carboxylic acids is 2. The van der Waals surface area contributed by atoms with Gasteiger partial charge in [-0.15, -0.1) is 0 Å². The van der Waals surface area contributed by atoms with Crippen LogP contribution >= 0.6 is 0 Å². The Morgan fingerprint density at radius 1 is 1.15 bits per heavy atom. The summed E-state index contributed by atoms with van der Waals surface area (Å²) in [5, 5.41) is 11.6. The zero-order valence-electron chi connectivity index (χ0n) is 21.8. The van der Waals surface area contributed by atoms with E-state index < -0.39 is 5.60 Å². The number of carbonyl (C=O) groups is 2. The van der Waals surface area contributed by atoms with Gasteiger partial charge in [-0.2, -0.15) is 0 Å². The van der Waals surface area contributed by atoms with Crippen LogP contribution in [0.25, 0.3) is 0 Å². The molecule has 0 saturated heterocycles. The highest BCUT2D eigenvalue weighted by Crippen LogP contribution is 2.67. The number of ketones is 1. The van der Waals surface area contributed by atoms with Gasteiger partial charge in [0.2, 0.25) is 0 Å². The lowest BCUT2D eigenvalue weighted by Gasteiger charge is -2.59. The van der Waals surface area contributed by atoms with E-state index in [4.69, 9.17) is 4.74 Å². The molecule has 0 amide bonds. The van der Waals surface area contributed by atoms with Gasteiger partial charge in [-0.1, -0.05) is 39.3 Å². The first-order valence-electron chi connectivity index (χ1n) is 13.5. The van der Waals surface area contributed by atoms with E-state index in [1.165, 1.54) is 25.3 Å². The van der Waals surface area contributed by atoms with E-state index in [1.807, 2.05) is 6.92 Å². The van der Waals surface area contributed by atoms with Crippen molar-refractivity contribution in [2.45, 2.75) is 117 Å². The molecule has 4 aliphatic carbocycles. The summed E-state index contributed by atoms with van der Waals surface area (Å²) >= 11 is 0. The fraction of sp³-hybridized carbons (Fsp3) is 0.862. The summed E-state index contributed by atoms with van der Waals surface area (Å²) in [5.41, 5.74) is 0.934. The lowest BCUT2D eigenvalue weighted by atomic mass is 9.46. The maximum absolute atomic E-state index is 12.6. The Kier molecular flexibility index (Phi) is 6.66. The molecule has 0 aromatic heterocycles. The summed E-state index contributed by atoms with van der Waals surface area (Å²) in [4.78, 5) is 24.1. The van der Waals surface area contributed by atoms with Crippen molar-refractivity contribution in [2.75, 3.05) is 0 Å². The third-order valence-corrected chi connectivity index (χ3v) is 10.3. The summed E-state index contributed by atoms with van der Waals surface area (Å²) in [6.07, 6.45) is 12.0. The van der Waals surface area contributed by atoms with Gasteiger partial charge in [0.1, 0.15) is 11.9 Å². The van der Waals surface area contributed by atoms with E-state index in [1.54, 1.807) is 0 Å². The number of hydrogen-bond acceptors (Lipinski definition) is 4. The van der Waals surface area contributed by atoms with Gasteiger partial charge < -0.3 is 9.84 Å². The molecule has 0 aliphatic heterocycles. The quantitative estimate of drug-likeness (QED) is 0.377. The number of fused-ring (bicyclic) bond motifs is 5. The largest absolute Gasteiger partial charge is 0.462 e. The number of ether oxygens (including phenoxy) is 1. The molecule has 4 rings (SSSR count). The Labute approximate surface area is 200 Å². The maximum Gasteiger partial charge on any atom is 0.302 e. The van der Waals surface area contributed by atoms with E-state index in [0.717, 1.165) is 38.5 Å². The zero-order valence-corrected chi connectivity index (χ0v) is 21.8. The monoisotopic (exact) mass is 458 g/mol. The summed E-state index contributed by atoms with van der Waals surface area (Å²) < 4.78 is 5.58. The molecule has 0 aromatic carbocycles. The van der Waals surface area contributed by atoms with Gasteiger partial charge in [0.05, 0.1) is 5.60 Å². The van der Waals surface area contributed by atoms with E-state index >= 15 is 0 Å². The van der Waals surface area contributed by atoms with Crippen LogP contribution in [0.2, 0.25) is 0 Å². The minimum absolute atomic E-state index is 0.0431. The second-order valence-corrected chi connectivity index (χ2v) is 13.1. The molecule has 0 aromatic rings. The van der Waals surface area contributed by atoms with Gasteiger partial charge in [0, 0.05) is 26.2 Å². The van der Waals surface area contributed by atoms with Crippen LogP contribution in [0, 0.1) is 40.4 Å². The Hall–Kier alpha value is -1.16. The van der Waals surface area contributed by atoms with Crippen molar-refractivity contribution in [3.8, 4) is 0 Å². The summed E-state index contributed by atoms with van der Waals surface area (Å²) in [5.74, 6) is 2.55. The Morgan fingerprint density at radius 2 is 1.88 bits per heavy atom. The molecule has 0 radical (unpaired) electrons. The average molecular weight is 459 g/mol. The second kappa shape index (κ2) is 8.81. The first kappa shape index (κ1) is 24.9. The number of rotatable bonds is 6. The average Bonchev–Trinajstić information content (AvgIpc) is 3.05. The van der Waals surface area contributed by atoms with Crippen LogP contribution in [0.15, 0.2) is 11.6 Å². The van der Waals surface area contributed by atoms with Gasteiger partial charge in [-0.3, -0.25) is 9.59 Å². The lowest BCUT2D eigenvalue weighted by molar-refractivity contribution is -0.149. The van der Waals surface area contributed by atoms with Crippen LogP contribution in [-0.2, 0) is 14.3 Å². The van der Waals surface area contributed by atoms with Gasteiger partial charge in [-0.05, 0) is 92.3 Å². The summed E-state index contributed by atoms with van der Waals surface area (Å²) in [7, 11) is 0. The fourth-order valence-corrected chi connectivity index (χ4v) is 9.03. The topological polar surface area (TPSA) is 63.6 Å². The molecule has 33 heavy (non-hydrogen) atoms. The predicted molar refractivity (Wildman–Crippen MR) is 130 cm³/mol. The first-order chi connectivity index (χ1) is 15.4. The van der Waals surface area contributed by atoms with Gasteiger partial charge in [-0.25, -0.2) is 0 Å². The molecule has 4 aliphatic rings. The number of esters is 1. The molecule has 4 heteroatoms. The molecule has 4 nitrogen and oxygen atoms in total. The van der Waals surface area contributed by atoms with Crippen molar-refractivity contribution in [3.05, 3.63) is 11.6 Å². The number of aliphatic hydroxyl groups is 1. The molecule has 0 heterocycles. The summed E-state index contributed by atoms with van der Waals surface area (Å²) in [6, 6.07) is 0. The summed E-state index contributed by atoms with van der Waals surface area (Å²) in [6.45, 7) is 12.5.